The Bertz CT molecular complexity index is 1490. The molecule has 0 N–H and O–H groups in total. The van der Waals surface area contributed by atoms with Gasteiger partial charge < -0.3 is 9.47 Å². The zero-order chi connectivity index (χ0) is 24.5. The molecule has 0 radical (unpaired) electrons. The quantitative estimate of drug-likeness (QED) is 0.380. The number of methoxy groups -OCH3 is 1. The Labute approximate surface area is 197 Å². The van der Waals surface area contributed by atoms with Gasteiger partial charge in [-0.05, 0) is 43.3 Å². The number of imidazole rings is 1. The third kappa shape index (κ3) is 4.54. The number of pyridine rings is 2. The standard InChI is InChI=1S/C24H26N4O5S/c1-5-33-23-22(32-3)12-10-18(26-23)21(15-34(4,30)31)28-19-11-9-16(17-8-6-7-13-25-17)14-20(19)27(2)24(28)29/h6-14,21H,5,15H2,1-4H3/t21-/m1/s1. The molecule has 0 amide bonds. The molecule has 0 aliphatic rings. The van der Waals surface area contributed by atoms with Crippen molar-refractivity contribution in [3.8, 4) is 22.9 Å². The fraction of sp³-hybridized carbons (Fsp3) is 0.292. The number of sulfone groups is 1. The van der Waals surface area contributed by atoms with Gasteiger partial charge in [0.2, 0.25) is 0 Å². The molecule has 4 rings (SSSR count). The lowest BCUT2D eigenvalue weighted by atomic mass is 10.1. The van der Waals surface area contributed by atoms with Crippen LogP contribution in [-0.4, -0.2) is 53.2 Å². The second kappa shape index (κ2) is 9.30. The van der Waals surface area contributed by atoms with Crippen molar-refractivity contribution in [1.82, 2.24) is 19.1 Å². The Morgan fingerprint density at radius 3 is 2.53 bits per heavy atom. The normalized spacial score (nSPS) is 12.6. The second-order valence-electron chi connectivity index (χ2n) is 7.91. The van der Waals surface area contributed by atoms with Crippen LogP contribution in [0.5, 0.6) is 11.6 Å². The summed E-state index contributed by atoms with van der Waals surface area (Å²) in [5.41, 5.74) is 2.91. The number of hydrogen-bond acceptors (Lipinski definition) is 7. The summed E-state index contributed by atoms with van der Waals surface area (Å²) in [6, 6.07) is 13.6. The Morgan fingerprint density at radius 1 is 1.09 bits per heavy atom. The Morgan fingerprint density at radius 2 is 1.88 bits per heavy atom. The van der Waals surface area contributed by atoms with Crippen molar-refractivity contribution in [1.29, 1.82) is 0 Å². The van der Waals surface area contributed by atoms with E-state index in [2.05, 4.69) is 9.97 Å². The fourth-order valence-electron chi connectivity index (χ4n) is 3.96. The Kier molecular flexibility index (Phi) is 6.43. The van der Waals surface area contributed by atoms with Gasteiger partial charge in [-0.15, -0.1) is 0 Å². The van der Waals surface area contributed by atoms with Crippen LogP contribution in [0.3, 0.4) is 0 Å². The van der Waals surface area contributed by atoms with Crippen molar-refractivity contribution in [2.24, 2.45) is 7.05 Å². The molecule has 0 fully saturated rings. The van der Waals surface area contributed by atoms with E-state index in [1.807, 2.05) is 43.3 Å². The van der Waals surface area contributed by atoms with Crippen molar-refractivity contribution in [2.75, 3.05) is 25.7 Å². The molecular formula is C24H26N4O5S. The Hall–Kier alpha value is -3.66. The highest BCUT2D eigenvalue weighted by atomic mass is 32.2. The van der Waals surface area contributed by atoms with Crippen LogP contribution in [0.4, 0.5) is 0 Å². The first-order valence-corrected chi connectivity index (χ1v) is 12.8. The lowest BCUT2D eigenvalue weighted by Crippen LogP contribution is -2.31. The number of ether oxygens (including phenoxy) is 2. The third-order valence-electron chi connectivity index (χ3n) is 5.51. The lowest BCUT2D eigenvalue weighted by Gasteiger charge is -2.19. The first-order chi connectivity index (χ1) is 16.2. The van der Waals surface area contributed by atoms with Crippen LogP contribution >= 0.6 is 0 Å². The van der Waals surface area contributed by atoms with E-state index in [1.54, 1.807) is 25.4 Å². The molecule has 0 unspecified atom stereocenters. The number of benzene rings is 1. The molecule has 10 heteroatoms. The highest BCUT2D eigenvalue weighted by Gasteiger charge is 2.27. The summed E-state index contributed by atoms with van der Waals surface area (Å²) in [7, 11) is -0.317. The summed E-state index contributed by atoms with van der Waals surface area (Å²) >= 11 is 0. The van der Waals surface area contributed by atoms with E-state index in [0.29, 0.717) is 29.1 Å². The van der Waals surface area contributed by atoms with Crippen LogP contribution in [-0.2, 0) is 16.9 Å². The maximum Gasteiger partial charge on any atom is 0.329 e. The molecule has 9 nitrogen and oxygen atoms in total. The monoisotopic (exact) mass is 482 g/mol. The van der Waals surface area contributed by atoms with Crippen LogP contribution in [0.25, 0.3) is 22.3 Å². The minimum Gasteiger partial charge on any atom is -0.491 e. The zero-order valence-electron chi connectivity index (χ0n) is 19.4. The van der Waals surface area contributed by atoms with Gasteiger partial charge >= 0.3 is 5.69 Å². The van der Waals surface area contributed by atoms with E-state index >= 15 is 0 Å². The predicted molar refractivity (Wildman–Crippen MR) is 130 cm³/mol. The molecule has 4 aromatic rings. The third-order valence-corrected chi connectivity index (χ3v) is 6.43. The first-order valence-electron chi connectivity index (χ1n) is 10.7. The van der Waals surface area contributed by atoms with Crippen molar-refractivity contribution in [3.05, 3.63) is 70.9 Å². The SMILES string of the molecule is CCOc1nc([C@@H](CS(C)(=O)=O)n2c(=O)n(C)c3cc(-c4ccccn4)ccc32)ccc1OC. The van der Waals surface area contributed by atoms with Gasteiger partial charge in [0.25, 0.3) is 5.88 Å². The molecule has 0 aliphatic heterocycles. The second-order valence-corrected chi connectivity index (χ2v) is 10.1. The van der Waals surface area contributed by atoms with E-state index in [0.717, 1.165) is 17.5 Å². The molecule has 1 atom stereocenters. The van der Waals surface area contributed by atoms with E-state index in [1.165, 1.54) is 16.2 Å². The van der Waals surface area contributed by atoms with Gasteiger partial charge in [-0.1, -0.05) is 12.1 Å². The summed E-state index contributed by atoms with van der Waals surface area (Å²) in [5, 5.41) is 0. The number of aromatic nitrogens is 4. The highest BCUT2D eigenvalue weighted by molar-refractivity contribution is 7.90. The van der Waals surface area contributed by atoms with Crippen LogP contribution in [0, 0.1) is 0 Å². The van der Waals surface area contributed by atoms with Crippen LogP contribution in [0.15, 0.2) is 59.5 Å². The summed E-state index contributed by atoms with van der Waals surface area (Å²) in [6.45, 7) is 2.17. The van der Waals surface area contributed by atoms with Crippen LogP contribution in [0.1, 0.15) is 18.7 Å². The number of fused-ring (bicyclic) bond motifs is 1. The average Bonchev–Trinajstić information content (AvgIpc) is 3.07. The largest absolute Gasteiger partial charge is 0.491 e. The van der Waals surface area contributed by atoms with Crippen molar-refractivity contribution in [2.45, 2.75) is 13.0 Å². The molecule has 3 aromatic heterocycles. The zero-order valence-corrected chi connectivity index (χ0v) is 20.2. The number of rotatable bonds is 8. The van der Waals surface area contributed by atoms with Crippen LogP contribution < -0.4 is 15.2 Å². The fourth-order valence-corrected chi connectivity index (χ4v) is 4.85. The summed E-state index contributed by atoms with van der Waals surface area (Å²) in [5.74, 6) is 0.361. The molecule has 0 bridgehead atoms. The number of aryl methyl sites for hydroxylation is 1. The predicted octanol–water partition coefficient (Wildman–Crippen LogP) is 2.84. The lowest BCUT2D eigenvalue weighted by molar-refractivity contribution is 0.296. The van der Waals surface area contributed by atoms with Gasteiger partial charge in [-0.3, -0.25) is 14.1 Å². The molecule has 34 heavy (non-hydrogen) atoms. The van der Waals surface area contributed by atoms with Gasteiger partial charge in [-0.2, -0.15) is 0 Å². The van der Waals surface area contributed by atoms with E-state index in [9.17, 15) is 13.2 Å². The minimum absolute atomic E-state index is 0.242. The van der Waals surface area contributed by atoms with E-state index < -0.39 is 15.9 Å². The molecule has 1 aromatic carbocycles. The molecule has 0 aliphatic carbocycles. The van der Waals surface area contributed by atoms with Crippen molar-refractivity contribution < 1.29 is 17.9 Å². The van der Waals surface area contributed by atoms with Crippen molar-refractivity contribution >= 4 is 20.9 Å². The van der Waals surface area contributed by atoms with Crippen LogP contribution in [0.2, 0.25) is 0 Å². The van der Waals surface area contributed by atoms with E-state index in [-0.39, 0.29) is 17.3 Å². The minimum atomic E-state index is -3.48. The molecule has 178 valence electrons. The maximum absolute atomic E-state index is 13.4. The van der Waals surface area contributed by atoms with Gasteiger partial charge in [0.1, 0.15) is 9.84 Å². The van der Waals surface area contributed by atoms with E-state index in [4.69, 9.17) is 9.47 Å². The molecular weight excluding hydrogens is 456 g/mol. The highest BCUT2D eigenvalue weighted by Crippen LogP contribution is 2.31. The van der Waals surface area contributed by atoms with Gasteiger partial charge in [0.05, 0.1) is 47.9 Å². The van der Waals surface area contributed by atoms with Crippen molar-refractivity contribution in [3.63, 3.8) is 0 Å². The summed E-state index contributed by atoms with van der Waals surface area (Å²) in [6.07, 6.45) is 2.85. The summed E-state index contributed by atoms with van der Waals surface area (Å²) in [4.78, 5) is 22.3. The van der Waals surface area contributed by atoms with Gasteiger partial charge in [-0.25, -0.2) is 18.2 Å². The molecule has 0 spiro atoms. The average molecular weight is 483 g/mol. The topological polar surface area (TPSA) is 105 Å². The maximum atomic E-state index is 13.4. The molecule has 3 heterocycles. The summed E-state index contributed by atoms with van der Waals surface area (Å²) < 4.78 is 38.7. The van der Waals surface area contributed by atoms with Gasteiger partial charge in [0, 0.05) is 25.1 Å². The number of hydrogen-bond donors (Lipinski definition) is 0. The van der Waals surface area contributed by atoms with Gasteiger partial charge in [0.15, 0.2) is 5.75 Å². The Balaban J connectivity index is 1.93. The molecule has 0 saturated carbocycles. The molecule has 0 saturated heterocycles. The first kappa shape index (κ1) is 23.5. The number of nitrogens with zero attached hydrogens (tertiary/aromatic N) is 4. The smallest absolute Gasteiger partial charge is 0.329 e.